The van der Waals surface area contributed by atoms with E-state index in [2.05, 4.69) is 20.8 Å². The van der Waals surface area contributed by atoms with Gasteiger partial charge in [-0.05, 0) is 20.8 Å². The highest BCUT2D eigenvalue weighted by Crippen LogP contribution is 2.35. The second-order valence-corrected chi connectivity index (χ2v) is 4.77. The van der Waals surface area contributed by atoms with Crippen molar-refractivity contribution in [2.24, 2.45) is 0 Å². The second kappa shape index (κ2) is 3.95. The molecule has 2 nitrogen and oxygen atoms in total. The molecular weight excluding hydrogens is 188 g/mol. The molecule has 0 N–H and O–H groups in total. The normalized spacial score (nSPS) is 30.1. The Labute approximate surface area is 91.2 Å². The minimum Gasteiger partial charge on any atom is -0.345 e. The third-order valence-electron chi connectivity index (χ3n) is 2.63. The molecule has 0 spiro atoms. The number of hydrogen-bond donors (Lipinski definition) is 0. The Balaban J connectivity index is 2.17. The maximum atomic E-state index is 5.91. The van der Waals surface area contributed by atoms with Gasteiger partial charge in [0.15, 0.2) is 6.29 Å². The summed E-state index contributed by atoms with van der Waals surface area (Å²) in [7, 11) is 0. The van der Waals surface area contributed by atoms with E-state index in [0.29, 0.717) is 0 Å². The standard InChI is InChI=1S/C13H18O2/c1-10-9-13(2,3)15-12(14-10)11-7-5-4-6-8-11/h4-8,10,12H,9H2,1-3H3/t10-,12+/m1/s1. The average Bonchev–Trinajstić information content (AvgIpc) is 2.16. The van der Waals surface area contributed by atoms with Crippen molar-refractivity contribution in [3.05, 3.63) is 35.9 Å². The third-order valence-corrected chi connectivity index (χ3v) is 2.63. The lowest BCUT2D eigenvalue weighted by Crippen LogP contribution is -2.38. The van der Waals surface area contributed by atoms with E-state index in [1.807, 2.05) is 30.3 Å². The van der Waals surface area contributed by atoms with Crippen LogP contribution in [0.4, 0.5) is 0 Å². The van der Waals surface area contributed by atoms with Crippen LogP contribution in [0.15, 0.2) is 30.3 Å². The van der Waals surface area contributed by atoms with Crippen LogP contribution < -0.4 is 0 Å². The average molecular weight is 206 g/mol. The molecule has 2 rings (SSSR count). The predicted octanol–water partition coefficient (Wildman–Crippen LogP) is 3.29. The molecule has 1 fully saturated rings. The third kappa shape index (κ3) is 2.58. The Bertz CT molecular complexity index is 319. The topological polar surface area (TPSA) is 18.5 Å². The van der Waals surface area contributed by atoms with Crippen molar-refractivity contribution in [3.63, 3.8) is 0 Å². The van der Waals surface area contributed by atoms with Gasteiger partial charge in [0, 0.05) is 12.0 Å². The Kier molecular flexibility index (Phi) is 2.81. The van der Waals surface area contributed by atoms with Crippen molar-refractivity contribution in [2.75, 3.05) is 0 Å². The Morgan fingerprint density at radius 3 is 2.47 bits per heavy atom. The van der Waals surface area contributed by atoms with Crippen LogP contribution in [-0.4, -0.2) is 11.7 Å². The van der Waals surface area contributed by atoms with E-state index in [-0.39, 0.29) is 18.0 Å². The van der Waals surface area contributed by atoms with Crippen molar-refractivity contribution in [3.8, 4) is 0 Å². The fourth-order valence-electron chi connectivity index (χ4n) is 2.07. The summed E-state index contributed by atoms with van der Waals surface area (Å²) in [5.74, 6) is 0. The molecule has 0 amide bonds. The molecule has 1 saturated heterocycles. The zero-order chi connectivity index (χ0) is 10.9. The van der Waals surface area contributed by atoms with Crippen molar-refractivity contribution >= 4 is 0 Å². The Hall–Kier alpha value is -0.860. The van der Waals surface area contributed by atoms with Crippen LogP contribution in [-0.2, 0) is 9.47 Å². The summed E-state index contributed by atoms with van der Waals surface area (Å²) in [5, 5.41) is 0. The highest BCUT2D eigenvalue weighted by Gasteiger charge is 2.33. The molecule has 2 heteroatoms. The molecule has 0 unspecified atom stereocenters. The predicted molar refractivity (Wildman–Crippen MR) is 59.5 cm³/mol. The quantitative estimate of drug-likeness (QED) is 0.702. The van der Waals surface area contributed by atoms with E-state index in [0.717, 1.165) is 12.0 Å². The summed E-state index contributed by atoms with van der Waals surface area (Å²) in [6, 6.07) is 10.1. The zero-order valence-electron chi connectivity index (χ0n) is 9.57. The van der Waals surface area contributed by atoms with Gasteiger partial charge in [0.05, 0.1) is 11.7 Å². The molecule has 15 heavy (non-hydrogen) atoms. The van der Waals surface area contributed by atoms with Gasteiger partial charge in [-0.3, -0.25) is 0 Å². The van der Waals surface area contributed by atoms with E-state index in [1.54, 1.807) is 0 Å². The van der Waals surface area contributed by atoms with E-state index in [1.165, 1.54) is 0 Å². The number of benzene rings is 1. The first-order valence-corrected chi connectivity index (χ1v) is 5.45. The Morgan fingerprint density at radius 2 is 1.87 bits per heavy atom. The van der Waals surface area contributed by atoms with Crippen LogP contribution in [0.2, 0.25) is 0 Å². The van der Waals surface area contributed by atoms with E-state index < -0.39 is 0 Å². The lowest BCUT2D eigenvalue weighted by molar-refractivity contribution is -0.273. The fourth-order valence-corrected chi connectivity index (χ4v) is 2.07. The van der Waals surface area contributed by atoms with Gasteiger partial charge in [-0.25, -0.2) is 0 Å². The van der Waals surface area contributed by atoms with Gasteiger partial charge < -0.3 is 9.47 Å². The van der Waals surface area contributed by atoms with Gasteiger partial charge in [-0.2, -0.15) is 0 Å². The largest absolute Gasteiger partial charge is 0.345 e. The van der Waals surface area contributed by atoms with Crippen molar-refractivity contribution in [1.82, 2.24) is 0 Å². The molecule has 0 aliphatic carbocycles. The molecule has 1 heterocycles. The molecule has 0 saturated carbocycles. The molecule has 82 valence electrons. The summed E-state index contributed by atoms with van der Waals surface area (Å²) >= 11 is 0. The second-order valence-electron chi connectivity index (χ2n) is 4.77. The van der Waals surface area contributed by atoms with Gasteiger partial charge in [0.25, 0.3) is 0 Å². The molecule has 0 bridgehead atoms. The van der Waals surface area contributed by atoms with Gasteiger partial charge in [-0.1, -0.05) is 30.3 Å². The summed E-state index contributed by atoms with van der Waals surface area (Å²) in [4.78, 5) is 0. The SMILES string of the molecule is C[C@@H]1CC(C)(C)O[C@@H](c2ccccc2)O1. The first-order valence-electron chi connectivity index (χ1n) is 5.45. The molecule has 2 atom stereocenters. The first kappa shape index (κ1) is 10.7. The molecule has 1 aromatic rings. The molecule has 0 aromatic heterocycles. The lowest BCUT2D eigenvalue weighted by atomic mass is 9.99. The smallest absolute Gasteiger partial charge is 0.184 e. The van der Waals surface area contributed by atoms with Crippen LogP contribution in [0.5, 0.6) is 0 Å². The summed E-state index contributed by atoms with van der Waals surface area (Å²) < 4.78 is 11.7. The monoisotopic (exact) mass is 206 g/mol. The maximum absolute atomic E-state index is 5.91. The zero-order valence-corrected chi connectivity index (χ0v) is 9.57. The van der Waals surface area contributed by atoms with E-state index in [4.69, 9.17) is 9.47 Å². The van der Waals surface area contributed by atoms with Crippen molar-refractivity contribution in [2.45, 2.75) is 45.2 Å². The molecule has 1 aromatic carbocycles. The van der Waals surface area contributed by atoms with E-state index >= 15 is 0 Å². The van der Waals surface area contributed by atoms with Crippen LogP contribution in [0.1, 0.15) is 39.0 Å². The highest BCUT2D eigenvalue weighted by molar-refractivity contribution is 5.16. The minimum atomic E-state index is -0.218. The molecule has 1 aliphatic heterocycles. The summed E-state index contributed by atoms with van der Waals surface area (Å²) in [6.45, 7) is 6.32. The molecular formula is C13H18O2. The molecule has 0 radical (unpaired) electrons. The van der Waals surface area contributed by atoms with Gasteiger partial charge in [0.1, 0.15) is 0 Å². The number of hydrogen-bond acceptors (Lipinski definition) is 2. The van der Waals surface area contributed by atoms with Gasteiger partial charge in [-0.15, -0.1) is 0 Å². The van der Waals surface area contributed by atoms with Crippen LogP contribution in [0.25, 0.3) is 0 Å². The lowest BCUT2D eigenvalue weighted by Gasteiger charge is -2.39. The van der Waals surface area contributed by atoms with Gasteiger partial charge >= 0.3 is 0 Å². The minimum absolute atomic E-state index is 0.0990. The maximum Gasteiger partial charge on any atom is 0.184 e. The fraction of sp³-hybridized carbons (Fsp3) is 0.538. The highest BCUT2D eigenvalue weighted by atomic mass is 16.7. The first-order chi connectivity index (χ1) is 7.07. The molecule has 1 aliphatic rings. The van der Waals surface area contributed by atoms with Crippen LogP contribution >= 0.6 is 0 Å². The van der Waals surface area contributed by atoms with Crippen molar-refractivity contribution < 1.29 is 9.47 Å². The number of rotatable bonds is 1. The van der Waals surface area contributed by atoms with E-state index in [9.17, 15) is 0 Å². The summed E-state index contributed by atoms with van der Waals surface area (Å²) in [5.41, 5.74) is 0.996. The van der Waals surface area contributed by atoms with Crippen molar-refractivity contribution in [1.29, 1.82) is 0 Å². The van der Waals surface area contributed by atoms with Gasteiger partial charge in [0.2, 0.25) is 0 Å². The van der Waals surface area contributed by atoms with Crippen LogP contribution in [0, 0.1) is 0 Å². The Morgan fingerprint density at radius 1 is 1.20 bits per heavy atom. The summed E-state index contributed by atoms with van der Waals surface area (Å²) in [6.07, 6.45) is 0.972. The number of ether oxygens (including phenoxy) is 2. The van der Waals surface area contributed by atoms with Crippen LogP contribution in [0.3, 0.4) is 0 Å².